The molecule has 0 radical (unpaired) electrons. The summed E-state index contributed by atoms with van der Waals surface area (Å²) in [6.07, 6.45) is 1.84. The number of para-hydroxylation sites is 1. The van der Waals surface area contributed by atoms with Crippen molar-refractivity contribution in [2.24, 2.45) is 5.92 Å². The Morgan fingerprint density at radius 2 is 1.90 bits per heavy atom. The van der Waals surface area contributed by atoms with Crippen molar-refractivity contribution in [2.75, 3.05) is 31.6 Å². The predicted molar refractivity (Wildman–Crippen MR) is 78.5 cm³/mol. The number of rotatable bonds is 5. The highest BCUT2D eigenvalue weighted by atomic mass is 32.2. The van der Waals surface area contributed by atoms with Crippen molar-refractivity contribution in [1.82, 2.24) is 5.32 Å². The molecule has 0 aromatic heterocycles. The van der Waals surface area contributed by atoms with Crippen LogP contribution in [0.4, 0.5) is 14.5 Å². The molecule has 0 atom stereocenters. The zero-order valence-corrected chi connectivity index (χ0v) is 12.7. The number of halogens is 2. The molecule has 118 valence electrons. The quantitative estimate of drug-likeness (QED) is 0.903. The molecule has 1 aromatic rings. The Hall–Kier alpha value is -1.21. The number of alkyl halides is 2. The topological polar surface area (TPSA) is 49.4 Å². The van der Waals surface area contributed by atoms with E-state index in [4.69, 9.17) is 0 Å². The van der Waals surface area contributed by atoms with Gasteiger partial charge in [-0.05, 0) is 44.5 Å². The summed E-state index contributed by atoms with van der Waals surface area (Å²) in [6.45, 7) is 2.29. The van der Waals surface area contributed by atoms with E-state index in [0.717, 1.165) is 19.4 Å². The van der Waals surface area contributed by atoms with E-state index in [-0.39, 0.29) is 4.90 Å². The zero-order chi connectivity index (χ0) is 15.5. The average molecular weight is 318 g/mol. The molecule has 4 nitrogen and oxygen atoms in total. The maximum Gasteiger partial charge on any atom is 0.341 e. The van der Waals surface area contributed by atoms with E-state index in [9.17, 15) is 17.2 Å². The summed E-state index contributed by atoms with van der Waals surface area (Å²) in [5, 5.41) is 3.13. The molecule has 0 spiro atoms. The monoisotopic (exact) mass is 318 g/mol. The Kier molecular flexibility index (Phi) is 5.16. The fourth-order valence-electron chi connectivity index (χ4n) is 2.72. The second-order valence-electron chi connectivity index (χ2n) is 5.26. The molecular formula is C14H20F2N2O2S. The Morgan fingerprint density at radius 1 is 1.29 bits per heavy atom. The van der Waals surface area contributed by atoms with Crippen molar-refractivity contribution in [1.29, 1.82) is 0 Å². The van der Waals surface area contributed by atoms with Crippen LogP contribution >= 0.6 is 0 Å². The van der Waals surface area contributed by atoms with Gasteiger partial charge in [-0.2, -0.15) is 8.78 Å². The summed E-state index contributed by atoms with van der Waals surface area (Å²) in [7, 11) is -2.67. The molecule has 0 amide bonds. The van der Waals surface area contributed by atoms with Gasteiger partial charge >= 0.3 is 5.76 Å². The molecule has 1 heterocycles. The van der Waals surface area contributed by atoms with Gasteiger partial charge in [0.1, 0.15) is 0 Å². The highest BCUT2D eigenvalue weighted by molar-refractivity contribution is 7.91. The molecule has 0 bridgehead atoms. The van der Waals surface area contributed by atoms with E-state index in [2.05, 4.69) is 5.32 Å². The number of piperidine rings is 1. The third-order valence-electron chi connectivity index (χ3n) is 3.85. The number of benzene rings is 1. The minimum absolute atomic E-state index is 0.271. The van der Waals surface area contributed by atoms with Gasteiger partial charge in [-0.3, -0.25) is 0 Å². The van der Waals surface area contributed by atoms with Crippen molar-refractivity contribution in [2.45, 2.75) is 23.5 Å². The fourth-order valence-corrected chi connectivity index (χ4v) is 3.67. The lowest BCUT2D eigenvalue weighted by atomic mass is 9.96. The van der Waals surface area contributed by atoms with Crippen molar-refractivity contribution in [3.05, 3.63) is 24.3 Å². The summed E-state index contributed by atoms with van der Waals surface area (Å²) in [4.78, 5) is 1.62. The molecule has 1 aliphatic rings. The van der Waals surface area contributed by atoms with Crippen LogP contribution in [0, 0.1) is 5.92 Å². The number of sulfone groups is 1. The lowest BCUT2D eigenvalue weighted by Crippen LogP contribution is -2.37. The third-order valence-corrected chi connectivity index (χ3v) is 5.28. The standard InChI is InChI=1S/C14H20F2N2O2S/c1-17-10-11-6-8-18(9-7-11)12-4-2-3-5-13(12)21(19,20)14(15)16/h2-5,11,14,17H,6-10H2,1H3. The van der Waals surface area contributed by atoms with Crippen LogP contribution in [0.25, 0.3) is 0 Å². The van der Waals surface area contributed by atoms with E-state index in [1.807, 2.05) is 11.9 Å². The number of hydrogen-bond donors (Lipinski definition) is 1. The Bertz CT molecular complexity index is 570. The van der Waals surface area contributed by atoms with E-state index in [1.54, 1.807) is 12.1 Å². The van der Waals surface area contributed by atoms with Gasteiger partial charge < -0.3 is 10.2 Å². The van der Waals surface area contributed by atoms with Crippen LogP contribution in [-0.2, 0) is 9.84 Å². The van der Waals surface area contributed by atoms with Gasteiger partial charge in [0.15, 0.2) is 0 Å². The largest absolute Gasteiger partial charge is 0.370 e. The predicted octanol–water partition coefficient (Wildman–Crippen LogP) is 2.12. The van der Waals surface area contributed by atoms with Crippen LogP contribution in [0.15, 0.2) is 29.2 Å². The van der Waals surface area contributed by atoms with E-state index >= 15 is 0 Å². The van der Waals surface area contributed by atoms with Crippen molar-refractivity contribution >= 4 is 15.5 Å². The smallest absolute Gasteiger partial charge is 0.341 e. The third kappa shape index (κ3) is 3.52. The normalized spacial score (nSPS) is 17.4. The van der Waals surface area contributed by atoms with E-state index < -0.39 is 15.6 Å². The van der Waals surface area contributed by atoms with E-state index in [1.165, 1.54) is 12.1 Å². The SMILES string of the molecule is CNCC1CCN(c2ccccc2S(=O)(=O)C(F)F)CC1. The Labute approximate surface area is 124 Å². The van der Waals surface area contributed by atoms with Crippen LogP contribution in [0.2, 0.25) is 0 Å². The molecule has 1 saturated heterocycles. The Morgan fingerprint density at radius 3 is 2.48 bits per heavy atom. The van der Waals surface area contributed by atoms with Crippen LogP contribution < -0.4 is 10.2 Å². The molecule has 2 rings (SSSR count). The number of anilines is 1. The molecule has 0 saturated carbocycles. The number of nitrogens with zero attached hydrogens (tertiary/aromatic N) is 1. The highest BCUT2D eigenvalue weighted by Gasteiger charge is 2.31. The number of nitrogens with one attached hydrogen (secondary N) is 1. The summed E-state index contributed by atoms with van der Waals surface area (Å²) >= 11 is 0. The maximum absolute atomic E-state index is 12.8. The molecule has 0 aliphatic carbocycles. The van der Waals surface area contributed by atoms with Gasteiger partial charge in [-0.1, -0.05) is 12.1 Å². The van der Waals surface area contributed by atoms with Gasteiger partial charge in [0, 0.05) is 13.1 Å². The molecule has 1 fully saturated rings. The first kappa shape index (κ1) is 16.2. The van der Waals surface area contributed by atoms with Crippen LogP contribution in [-0.4, -0.2) is 40.9 Å². The van der Waals surface area contributed by atoms with Crippen molar-refractivity contribution in [3.8, 4) is 0 Å². The van der Waals surface area contributed by atoms with Crippen LogP contribution in [0.1, 0.15) is 12.8 Å². The first-order valence-corrected chi connectivity index (χ1v) is 8.52. The molecule has 7 heteroatoms. The van der Waals surface area contributed by atoms with Crippen molar-refractivity contribution in [3.63, 3.8) is 0 Å². The first-order valence-electron chi connectivity index (χ1n) is 6.97. The second-order valence-corrected chi connectivity index (χ2v) is 7.15. The maximum atomic E-state index is 12.8. The Balaban J connectivity index is 2.23. The molecule has 1 aromatic carbocycles. The lowest BCUT2D eigenvalue weighted by molar-refractivity contribution is 0.234. The molecular weight excluding hydrogens is 298 g/mol. The molecule has 21 heavy (non-hydrogen) atoms. The summed E-state index contributed by atoms with van der Waals surface area (Å²) in [5.41, 5.74) is 0.390. The summed E-state index contributed by atoms with van der Waals surface area (Å²) < 4.78 is 49.1. The van der Waals surface area contributed by atoms with Gasteiger partial charge in [0.25, 0.3) is 0 Å². The minimum atomic E-state index is -4.57. The van der Waals surface area contributed by atoms with Crippen molar-refractivity contribution < 1.29 is 17.2 Å². The molecule has 0 unspecified atom stereocenters. The van der Waals surface area contributed by atoms with Crippen LogP contribution in [0.3, 0.4) is 0 Å². The second kappa shape index (κ2) is 6.70. The molecule has 1 aliphatic heterocycles. The zero-order valence-electron chi connectivity index (χ0n) is 11.9. The van der Waals surface area contributed by atoms with Gasteiger partial charge in [-0.15, -0.1) is 0 Å². The summed E-state index contributed by atoms with van der Waals surface area (Å²) in [6, 6.07) is 6.02. The fraction of sp³-hybridized carbons (Fsp3) is 0.571. The highest BCUT2D eigenvalue weighted by Crippen LogP contribution is 2.31. The number of hydrogen-bond acceptors (Lipinski definition) is 4. The van der Waals surface area contributed by atoms with E-state index in [0.29, 0.717) is 24.7 Å². The average Bonchev–Trinajstić information content (AvgIpc) is 2.48. The lowest BCUT2D eigenvalue weighted by Gasteiger charge is -2.34. The first-order chi connectivity index (χ1) is 9.96. The van der Waals surface area contributed by atoms with Gasteiger partial charge in [0.05, 0.1) is 10.6 Å². The summed E-state index contributed by atoms with van der Waals surface area (Å²) in [5.74, 6) is -2.84. The van der Waals surface area contributed by atoms with Gasteiger partial charge in [-0.25, -0.2) is 8.42 Å². The molecule has 1 N–H and O–H groups in total. The van der Waals surface area contributed by atoms with Gasteiger partial charge in [0.2, 0.25) is 9.84 Å². The van der Waals surface area contributed by atoms with Crippen LogP contribution in [0.5, 0.6) is 0 Å². The minimum Gasteiger partial charge on any atom is -0.370 e.